The predicted molar refractivity (Wildman–Crippen MR) is 58.8 cm³/mol. The topological polar surface area (TPSA) is 42.2 Å². The number of nitrogens with one attached hydrogen (secondary N) is 1. The van der Waals surface area contributed by atoms with Gasteiger partial charge in [-0.3, -0.25) is 4.79 Å². The fraction of sp³-hybridized carbons (Fsp3) is 0.250. The highest BCUT2D eigenvalue weighted by atomic mass is 16.3. The lowest BCUT2D eigenvalue weighted by Gasteiger charge is -1.96. The Labute approximate surface area is 89.2 Å². The van der Waals surface area contributed by atoms with Crippen LogP contribution in [-0.4, -0.2) is 12.5 Å². The summed E-state index contributed by atoms with van der Waals surface area (Å²) >= 11 is 0. The maximum absolute atomic E-state index is 11.2. The molecule has 1 rings (SSSR count). The molecule has 78 valence electrons. The molecule has 15 heavy (non-hydrogen) atoms. The van der Waals surface area contributed by atoms with E-state index in [2.05, 4.69) is 17.2 Å². The predicted octanol–water partition coefficient (Wildman–Crippen LogP) is 1.82. The molecule has 1 N–H and O–H groups in total. The average molecular weight is 203 g/mol. The van der Waals surface area contributed by atoms with Crippen LogP contribution in [0.4, 0.5) is 0 Å². The van der Waals surface area contributed by atoms with Crippen molar-refractivity contribution >= 4 is 12.0 Å². The van der Waals surface area contributed by atoms with Crippen molar-refractivity contribution in [3.8, 4) is 11.8 Å². The minimum absolute atomic E-state index is 0.135. The fourth-order valence-electron chi connectivity index (χ4n) is 0.976. The molecule has 0 bridgehead atoms. The highest BCUT2D eigenvalue weighted by molar-refractivity contribution is 5.91. The van der Waals surface area contributed by atoms with Crippen LogP contribution in [0.15, 0.2) is 28.9 Å². The monoisotopic (exact) mass is 203 g/mol. The molecule has 0 aliphatic heterocycles. The van der Waals surface area contributed by atoms with Gasteiger partial charge >= 0.3 is 0 Å². The van der Waals surface area contributed by atoms with Crippen LogP contribution in [0.1, 0.15) is 19.1 Å². The van der Waals surface area contributed by atoms with Crippen LogP contribution in [0.2, 0.25) is 0 Å². The smallest absolute Gasteiger partial charge is 0.244 e. The van der Waals surface area contributed by atoms with Crippen molar-refractivity contribution < 1.29 is 9.21 Å². The van der Waals surface area contributed by atoms with Gasteiger partial charge in [-0.1, -0.05) is 0 Å². The van der Waals surface area contributed by atoms with Crippen LogP contribution in [0.3, 0.4) is 0 Å². The first-order valence-corrected chi connectivity index (χ1v) is 4.72. The highest BCUT2D eigenvalue weighted by Crippen LogP contribution is 2.01. The molecular weight excluding hydrogens is 190 g/mol. The second-order valence-corrected chi connectivity index (χ2v) is 2.82. The van der Waals surface area contributed by atoms with Gasteiger partial charge in [0, 0.05) is 19.0 Å². The van der Waals surface area contributed by atoms with Crippen molar-refractivity contribution in [3.63, 3.8) is 0 Å². The van der Waals surface area contributed by atoms with E-state index < -0.39 is 0 Å². The summed E-state index contributed by atoms with van der Waals surface area (Å²) in [5.41, 5.74) is 0. The summed E-state index contributed by atoms with van der Waals surface area (Å²) in [7, 11) is 0. The summed E-state index contributed by atoms with van der Waals surface area (Å²) in [4.78, 5) is 11.2. The summed E-state index contributed by atoms with van der Waals surface area (Å²) in [6, 6.07) is 3.56. The van der Waals surface area contributed by atoms with E-state index in [0.717, 1.165) is 0 Å². The summed E-state index contributed by atoms with van der Waals surface area (Å²) in [6.07, 6.45) is 5.31. The largest absolute Gasteiger partial charge is 0.465 e. The maximum Gasteiger partial charge on any atom is 0.244 e. The van der Waals surface area contributed by atoms with E-state index in [-0.39, 0.29) is 5.91 Å². The molecule has 0 saturated heterocycles. The molecule has 0 spiro atoms. The zero-order valence-electron chi connectivity index (χ0n) is 8.62. The number of carbonyl (C=O) groups is 1. The zero-order valence-corrected chi connectivity index (χ0v) is 8.62. The van der Waals surface area contributed by atoms with Crippen molar-refractivity contribution in [2.75, 3.05) is 6.54 Å². The summed E-state index contributed by atoms with van der Waals surface area (Å²) in [5.74, 6) is 6.16. The van der Waals surface area contributed by atoms with Crippen molar-refractivity contribution in [1.29, 1.82) is 0 Å². The zero-order chi connectivity index (χ0) is 10.9. The fourth-order valence-corrected chi connectivity index (χ4v) is 0.976. The van der Waals surface area contributed by atoms with Gasteiger partial charge in [-0.15, -0.1) is 11.8 Å². The normalized spacial score (nSPS) is 9.67. The third kappa shape index (κ3) is 4.72. The SMILES string of the molecule is CC#CCCNC(=O)/C=C/c1ccco1. The summed E-state index contributed by atoms with van der Waals surface area (Å²) in [5, 5.41) is 2.71. The molecular formula is C12H13NO2. The van der Waals surface area contributed by atoms with Gasteiger partial charge < -0.3 is 9.73 Å². The molecule has 0 atom stereocenters. The number of amides is 1. The van der Waals surface area contributed by atoms with Gasteiger partial charge in [0.1, 0.15) is 5.76 Å². The Kier molecular flexibility index (Phi) is 4.82. The molecule has 1 amide bonds. The van der Waals surface area contributed by atoms with Crippen LogP contribution in [0.25, 0.3) is 6.08 Å². The van der Waals surface area contributed by atoms with Crippen molar-refractivity contribution in [3.05, 3.63) is 30.2 Å². The number of carbonyl (C=O) groups excluding carboxylic acids is 1. The molecule has 0 aromatic carbocycles. The lowest BCUT2D eigenvalue weighted by atomic mass is 10.3. The van der Waals surface area contributed by atoms with Gasteiger partial charge in [0.2, 0.25) is 5.91 Å². The number of hydrogen-bond acceptors (Lipinski definition) is 2. The standard InChI is InChI=1S/C12H13NO2/c1-2-3-4-9-13-12(14)8-7-11-6-5-10-15-11/h5-8,10H,4,9H2,1H3,(H,13,14)/b8-7+. The van der Waals surface area contributed by atoms with E-state index in [1.54, 1.807) is 31.4 Å². The molecule has 0 fully saturated rings. The second-order valence-electron chi connectivity index (χ2n) is 2.82. The lowest BCUT2D eigenvalue weighted by Crippen LogP contribution is -2.21. The minimum atomic E-state index is -0.135. The average Bonchev–Trinajstić information content (AvgIpc) is 2.74. The first-order valence-electron chi connectivity index (χ1n) is 4.72. The Balaban J connectivity index is 2.26. The lowest BCUT2D eigenvalue weighted by molar-refractivity contribution is -0.116. The first-order chi connectivity index (χ1) is 7.33. The van der Waals surface area contributed by atoms with Crippen LogP contribution >= 0.6 is 0 Å². The van der Waals surface area contributed by atoms with E-state index in [9.17, 15) is 4.79 Å². The summed E-state index contributed by atoms with van der Waals surface area (Å²) < 4.78 is 5.04. The Bertz CT molecular complexity index is 379. The Hall–Kier alpha value is -1.95. The van der Waals surface area contributed by atoms with Crippen LogP contribution in [-0.2, 0) is 4.79 Å². The van der Waals surface area contributed by atoms with Gasteiger partial charge in [-0.2, -0.15) is 0 Å². The second kappa shape index (κ2) is 6.50. The molecule has 1 aromatic heterocycles. The van der Waals surface area contributed by atoms with Crippen LogP contribution < -0.4 is 5.32 Å². The van der Waals surface area contributed by atoms with E-state index in [0.29, 0.717) is 18.7 Å². The molecule has 0 aliphatic carbocycles. The van der Waals surface area contributed by atoms with E-state index in [1.807, 2.05) is 0 Å². The van der Waals surface area contributed by atoms with E-state index >= 15 is 0 Å². The molecule has 1 aromatic rings. The van der Waals surface area contributed by atoms with E-state index in [4.69, 9.17) is 4.42 Å². The Morgan fingerprint density at radius 1 is 1.67 bits per heavy atom. The van der Waals surface area contributed by atoms with Crippen LogP contribution in [0.5, 0.6) is 0 Å². The highest BCUT2D eigenvalue weighted by Gasteiger charge is 1.93. The van der Waals surface area contributed by atoms with Gasteiger partial charge in [0.25, 0.3) is 0 Å². The quantitative estimate of drug-likeness (QED) is 0.461. The van der Waals surface area contributed by atoms with E-state index in [1.165, 1.54) is 6.08 Å². The summed E-state index contributed by atoms with van der Waals surface area (Å²) in [6.45, 7) is 2.35. The van der Waals surface area contributed by atoms with Crippen LogP contribution in [0, 0.1) is 11.8 Å². The molecule has 0 unspecified atom stereocenters. The number of furan rings is 1. The van der Waals surface area contributed by atoms with Gasteiger partial charge in [0.15, 0.2) is 0 Å². The molecule has 1 heterocycles. The Morgan fingerprint density at radius 2 is 2.53 bits per heavy atom. The van der Waals surface area contributed by atoms with Gasteiger partial charge in [-0.25, -0.2) is 0 Å². The van der Waals surface area contributed by atoms with Crippen molar-refractivity contribution in [1.82, 2.24) is 5.32 Å². The van der Waals surface area contributed by atoms with Crippen molar-refractivity contribution in [2.45, 2.75) is 13.3 Å². The van der Waals surface area contributed by atoms with Gasteiger partial charge in [0.05, 0.1) is 6.26 Å². The Morgan fingerprint density at radius 3 is 3.20 bits per heavy atom. The van der Waals surface area contributed by atoms with Crippen molar-refractivity contribution in [2.24, 2.45) is 0 Å². The third-order valence-electron chi connectivity index (χ3n) is 1.67. The molecule has 0 radical (unpaired) electrons. The minimum Gasteiger partial charge on any atom is -0.465 e. The number of rotatable bonds is 4. The molecule has 0 aliphatic rings. The first kappa shape index (κ1) is 11.1. The third-order valence-corrected chi connectivity index (χ3v) is 1.67. The molecule has 3 nitrogen and oxygen atoms in total. The number of hydrogen-bond donors (Lipinski definition) is 1. The van der Waals surface area contributed by atoms with Gasteiger partial charge in [-0.05, 0) is 25.1 Å². The molecule has 0 saturated carbocycles. The maximum atomic E-state index is 11.2. The molecule has 3 heteroatoms.